The fraction of sp³-hybridized carbons (Fsp3) is 0.833. The van der Waals surface area contributed by atoms with E-state index in [4.69, 9.17) is 10.2 Å². The first kappa shape index (κ1) is 7.50. The van der Waals surface area contributed by atoms with Crippen LogP contribution >= 0.6 is 0 Å². The summed E-state index contributed by atoms with van der Waals surface area (Å²) in [5, 5.41) is 17.5. The Morgan fingerprint density at radius 1 is 1.50 bits per heavy atom. The molecule has 10 heavy (non-hydrogen) atoms. The fourth-order valence-electron chi connectivity index (χ4n) is 0.931. The van der Waals surface area contributed by atoms with E-state index in [-0.39, 0.29) is 13.2 Å². The normalized spacial score (nSPS) is 22.8. The first-order chi connectivity index (χ1) is 4.75. The first-order valence-corrected chi connectivity index (χ1v) is 3.14. The molecule has 2 N–H and O–H groups in total. The molecule has 1 fully saturated rings. The summed E-state index contributed by atoms with van der Waals surface area (Å²) in [4.78, 5) is 10.8. The molecule has 4 heteroatoms. The van der Waals surface area contributed by atoms with Crippen molar-refractivity contribution in [2.45, 2.75) is 6.42 Å². The highest BCUT2D eigenvalue weighted by molar-refractivity contribution is 5.78. The van der Waals surface area contributed by atoms with Crippen LogP contribution < -0.4 is 0 Å². The lowest BCUT2D eigenvalue weighted by atomic mass is 9.89. The molecule has 0 saturated carbocycles. The Bertz CT molecular complexity index is 139. The predicted octanol–water partition coefficient (Wildman–Crippen LogP) is -1.10. The average molecular weight is 146 g/mol. The zero-order valence-corrected chi connectivity index (χ0v) is 5.54. The summed E-state index contributed by atoms with van der Waals surface area (Å²) >= 11 is 0. The van der Waals surface area contributed by atoms with E-state index in [2.05, 4.69) is 4.74 Å². The SMILES string of the molecule is O=C1OCCC1(CO)CO. The summed E-state index contributed by atoms with van der Waals surface area (Å²) in [5.74, 6) is -0.488. The standard InChI is InChI=1S/C6H10O4/c7-3-6(4-8)1-2-10-5(6)9/h7-8H,1-4H2. The van der Waals surface area contributed by atoms with Crippen LogP contribution in [0.4, 0.5) is 0 Å². The maximum Gasteiger partial charge on any atom is 0.316 e. The number of hydrogen-bond donors (Lipinski definition) is 2. The number of ether oxygens (including phenoxy) is 1. The summed E-state index contributed by atoms with van der Waals surface area (Å²) in [6.07, 6.45) is 0.416. The molecule has 0 aromatic heterocycles. The van der Waals surface area contributed by atoms with Gasteiger partial charge in [0.05, 0.1) is 19.8 Å². The van der Waals surface area contributed by atoms with Crippen LogP contribution in [0.25, 0.3) is 0 Å². The van der Waals surface area contributed by atoms with Gasteiger partial charge in [0, 0.05) is 6.42 Å². The quantitative estimate of drug-likeness (QED) is 0.485. The lowest BCUT2D eigenvalue weighted by molar-refractivity contribution is -0.150. The molecule has 0 amide bonds. The Labute approximate surface area is 58.4 Å². The zero-order chi connectivity index (χ0) is 7.61. The maximum absolute atomic E-state index is 10.8. The minimum Gasteiger partial charge on any atom is -0.465 e. The molecule has 1 aliphatic rings. The molecule has 0 atom stereocenters. The van der Waals surface area contributed by atoms with Crippen molar-refractivity contribution in [3.8, 4) is 0 Å². The molecular weight excluding hydrogens is 136 g/mol. The van der Waals surface area contributed by atoms with E-state index in [0.29, 0.717) is 13.0 Å². The van der Waals surface area contributed by atoms with Crippen LogP contribution in [0.5, 0.6) is 0 Å². The topological polar surface area (TPSA) is 66.8 Å². The van der Waals surface area contributed by atoms with E-state index in [1.807, 2.05) is 0 Å². The Morgan fingerprint density at radius 2 is 2.10 bits per heavy atom. The van der Waals surface area contributed by atoms with Gasteiger partial charge in [0.1, 0.15) is 5.41 Å². The molecule has 1 rings (SSSR count). The molecule has 0 bridgehead atoms. The number of cyclic esters (lactones) is 1. The van der Waals surface area contributed by atoms with Crippen molar-refractivity contribution < 1.29 is 19.7 Å². The first-order valence-electron chi connectivity index (χ1n) is 3.14. The molecule has 0 aromatic carbocycles. The average Bonchev–Trinajstić information content (AvgIpc) is 2.32. The lowest BCUT2D eigenvalue weighted by Crippen LogP contribution is -2.34. The van der Waals surface area contributed by atoms with Crippen LogP contribution in [0, 0.1) is 5.41 Å². The van der Waals surface area contributed by atoms with Gasteiger partial charge in [-0.1, -0.05) is 0 Å². The Kier molecular flexibility index (Phi) is 1.92. The van der Waals surface area contributed by atoms with Gasteiger partial charge in [-0.25, -0.2) is 0 Å². The molecule has 0 aliphatic carbocycles. The summed E-state index contributed by atoms with van der Waals surface area (Å²) in [6, 6.07) is 0. The zero-order valence-electron chi connectivity index (χ0n) is 5.54. The highest BCUT2D eigenvalue weighted by Gasteiger charge is 2.43. The third kappa shape index (κ3) is 0.892. The van der Waals surface area contributed by atoms with E-state index in [9.17, 15) is 4.79 Å². The minimum atomic E-state index is -1.01. The van der Waals surface area contributed by atoms with E-state index < -0.39 is 11.4 Å². The van der Waals surface area contributed by atoms with Gasteiger partial charge < -0.3 is 14.9 Å². The lowest BCUT2D eigenvalue weighted by Gasteiger charge is -2.17. The smallest absolute Gasteiger partial charge is 0.316 e. The van der Waals surface area contributed by atoms with Gasteiger partial charge in [-0.2, -0.15) is 0 Å². The maximum atomic E-state index is 10.8. The van der Waals surface area contributed by atoms with Crippen LogP contribution in [-0.4, -0.2) is 36.0 Å². The molecule has 0 radical (unpaired) electrons. The summed E-state index contributed by atoms with van der Waals surface area (Å²) < 4.78 is 4.59. The molecule has 0 unspecified atom stereocenters. The highest BCUT2D eigenvalue weighted by atomic mass is 16.5. The molecule has 58 valence electrons. The number of carbonyl (C=O) groups is 1. The third-order valence-corrected chi connectivity index (χ3v) is 1.85. The number of hydrogen-bond acceptors (Lipinski definition) is 4. The third-order valence-electron chi connectivity index (χ3n) is 1.85. The van der Waals surface area contributed by atoms with Gasteiger partial charge >= 0.3 is 5.97 Å². The molecule has 0 aromatic rings. The molecule has 1 heterocycles. The second-order valence-electron chi connectivity index (χ2n) is 2.48. The van der Waals surface area contributed by atoms with Crippen molar-refractivity contribution in [3.63, 3.8) is 0 Å². The minimum absolute atomic E-state index is 0.306. The Balaban J connectivity index is 2.71. The van der Waals surface area contributed by atoms with E-state index in [1.54, 1.807) is 0 Å². The molecule has 1 aliphatic heterocycles. The van der Waals surface area contributed by atoms with Crippen LogP contribution in [-0.2, 0) is 9.53 Å². The molecule has 4 nitrogen and oxygen atoms in total. The Morgan fingerprint density at radius 3 is 2.30 bits per heavy atom. The van der Waals surface area contributed by atoms with Crippen LogP contribution in [0.3, 0.4) is 0 Å². The summed E-state index contributed by atoms with van der Waals surface area (Å²) in [7, 11) is 0. The van der Waals surface area contributed by atoms with Crippen LogP contribution in [0.15, 0.2) is 0 Å². The Hall–Kier alpha value is -0.610. The fourth-order valence-corrected chi connectivity index (χ4v) is 0.931. The molecular formula is C6H10O4. The summed E-state index contributed by atoms with van der Waals surface area (Å²) in [5.41, 5.74) is -1.01. The van der Waals surface area contributed by atoms with Crippen molar-refractivity contribution in [3.05, 3.63) is 0 Å². The monoisotopic (exact) mass is 146 g/mol. The van der Waals surface area contributed by atoms with Gasteiger partial charge in [-0.15, -0.1) is 0 Å². The highest BCUT2D eigenvalue weighted by Crippen LogP contribution is 2.28. The predicted molar refractivity (Wildman–Crippen MR) is 32.2 cm³/mol. The number of aliphatic hydroxyl groups is 2. The van der Waals surface area contributed by atoms with Crippen molar-refractivity contribution in [2.24, 2.45) is 5.41 Å². The second kappa shape index (κ2) is 2.56. The van der Waals surface area contributed by atoms with Gasteiger partial charge in [-0.05, 0) is 0 Å². The number of carbonyl (C=O) groups excluding carboxylic acids is 1. The van der Waals surface area contributed by atoms with Gasteiger partial charge in [0.25, 0.3) is 0 Å². The van der Waals surface area contributed by atoms with Gasteiger partial charge in [0.2, 0.25) is 0 Å². The van der Waals surface area contributed by atoms with Crippen LogP contribution in [0.1, 0.15) is 6.42 Å². The number of esters is 1. The second-order valence-corrected chi connectivity index (χ2v) is 2.48. The van der Waals surface area contributed by atoms with Crippen molar-refractivity contribution in [2.75, 3.05) is 19.8 Å². The van der Waals surface area contributed by atoms with E-state index in [0.717, 1.165) is 0 Å². The van der Waals surface area contributed by atoms with Crippen LogP contribution in [0.2, 0.25) is 0 Å². The molecule has 1 saturated heterocycles. The summed E-state index contributed by atoms with van der Waals surface area (Å²) in [6.45, 7) is -0.357. The van der Waals surface area contributed by atoms with E-state index >= 15 is 0 Å². The number of rotatable bonds is 2. The number of aliphatic hydroxyl groups excluding tert-OH is 2. The molecule has 0 spiro atoms. The van der Waals surface area contributed by atoms with Gasteiger partial charge in [-0.3, -0.25) is 4.79 Å². The van der Waals surface area contributed by atoms with Gasteiger partial charge in [0.15, 0.2) is 0 Å². The van der Waals surface area contributed by atoms with Crippen molar-refractivity contribution in [1.29, 1.82) is 0 Å². The van der Waals surface area contributed by atoms with Crippen molar-refractivity contribution >= 4 is 5.97 Å². The largest absolute Gasteiger partial charge is 0.465 e. The van der Waals surface area contributed by atoms with E-state index in [1.165, 1.54) is 0 Å². The van der Waals surface area contributed by atoms with Crippen molar-refractivity contribution in [1.82, 2.24) is 0 Å².